The largest absolute Gasteiger partial charge is 0.507 e. The molecule has 232 valence electrons. The quantitative estimate of drug-likeness (QED) is 0.253. The van der Waals surface area contributed by atoms with Crippen LogP contribution in [0.1, 0.15) is 111 Å². The first-order valence-electron chi connectivity index (χ1n) is 15.8. The van der Waals surface area contributed by atoms with Crippen LogP contribution < -0.4 is 0 Å². The van der Waals surface area contributed by atoms with Gasteiger partial charge in [0.15, 0.2) is 0 Å². The highest BCUT2D eigenvalue weighted by atomic mass is 16.3. The summed E-state index contributed by atoms with van der Waals surface area (Å²) in [5, 5.41) is 22.9. The van der Waals surface area contributed by atoms with Crippen LogP contribution >= 0.6 is 0 Å². The zero-order chi connectivity index (χ0) is 32.8. The van der Waals surface area contributed by atoms with Crippen LogP contribution in [-0.4, -0.2) is 10.2 Å². The normalized spacial score (nSPS) is 11.7. The molecule has 0 unspecified atom stereocenters. The second-order valence-corrected chi connectivity index (χ2v) is 14.2. The maximum absolute atomic E-state index is 11.5. The summed E-state index contributed by atoms with van der Waals surface area (Å²) in [4.78, 5) is 0. The average molecular weight is 581 g/mol. The van der Waals surface area contributed by atoms with Gasteiger partial charge < -0.3 is 10.2 Å². The maximum atomic E-state index is 11.5. The van der Waals surface area contributed by atoms with Crippen molar-refractivity contribution in [3.8, 4) is 33.8 Å². The number of hydrogen-bond acceptors (Lipinski definition) is 2. The zero-order valence-corrected chi connectivity index (χ0v) is 29.1. The van der Waals surface area contributed by atoms with Crippen LogP contribution in [0.15, 0.2) is 78.9 Å². The number of phenolic OH excluding ortho intramolecular Hbond substituents is 2. The molecular formula is C41H56O2. The molecule has 0 aliphatic rings. The summed E-state index contributed by atoms with van der Waals surface area (Å²) < 4.78 is 0. The molecule has 0 bridgehead atoms. The number of aromatic hydroxyl groups is 2. The first-order valence-corrected chi connectivity index (χ1v) is 15.8. The number of aryl methyl sites for hydroxylation is 2. The average Bonchev–Trinajstić information content (AvgIpc) is 2.94. The molecule has 0 saturated carbocycles. The van der Waals surface area contributed by atoms with Crippen molar-refractivity contribution in [2.75, 3.05) is 0 Å². The summed E-state index contributed by atoms with van der Waals surface area (Å²) in [7, 11) is 0. The molecule has 4 aromatic rings. The lowest BCUT2D eigenvalue weighted by Gasteiger charge is -2.28. The molecule has 0 aromatic heterocycles. The summed E-state index contributed by atoms with van der Waals surface area (Å²) in [6.07, 6.45) is 1.15. The molecule has 0 saturated heterocycles. The van der Waals surface area contributed by atoms with Crippen molar-refractivity contribution < 1.29 is 10.2 Å². The number of hydrogen-bond donors (Lipinski definition) is 2. The second-order valence-electron chi connectivity index (χ2n) is 14.2. The van der Waals surface area contributed by atoms with Crippen molar-refractivity contribution in [3.05, 3.63) is 107 Å². The molecule has 0 amide bonds. The third-order valence-corrected chi connectivity index (χ3v) is 7.78. The van der Waals surface area contributed by atoms with Gasteiger partial charge in [0.05, 0.1) is 0 Å². The standard InChI is InChI=1S/C30H38O2.C9H12.C2H6/c1-28(2,3)20-15-22(19-13-11-10-12-14-19)26(31)23(16-20)24-17-21(29(4,5)6)18-25(27(24)32)30(7,8)9;1-3-9-7-5-4-6-8(9)2;1-2/h10-18,31-32H,1-9H3;4-7H,3H2,1-2H3;1-2H3. The smallest absolute Gasteiger partial charge is 0.131 e. The Kier molecular flexibility index (Phi) is 11.9. The molecule has 0 radical (unpaired) electrons. The highest BCUT2D eigenvalue weighted by Crippen LogP contribution is 2.48. The number of benzene rings is 4. The molecule has 0 atom stereocenters. The highest BCUT2D eigenvalue weighted by molar-refractivity contribution is 5.86. The van der Waals surface area contributed by atoms with Gasteiger partial charge in [0.25, 0.3) is 0 Å². The molecule has 2 N–H and O–H groups in total. The Balaban J connectivity index is 0.000000496. The van der Waals surface area contributed by atoms with Gasteiger partial charge in [-0.25, -0.2) is 0 Å². The Morgan fingerprint density at radius 1 is 0.535 bits per heavy atom. The first kappa shape index (κ1) is 35.7. The fourth-order valence-electron chi connectivity index (χ4n) is 4.96. The molecule has 4 rings (SSSR count). The monoisotopic (exact) mass is 580 g/mol. The van der Waals surface area contributed by atoms with Crippen molar-refractivity contribution in [1.29, 1.82) is 0 Å². The summed E-state index contributed by atoms with van der Waals surface area (Å²) in [5.74, 6) is 0.441. The van der Waals surface area contributed by atoms with E-state index in [-0.39, 0.29) is 27.7 Å². The third-order valence-electron chi connectivity index (χ3n) is 7.78. The van der Waals surface area contributed by atoms with E-state index in [0.717, 1.165) is 34.2 Å². The van der Waals surface area contributed by atoms with Gasteiger partial charge >= 0.3 is 0 Å². The summed E-state index contributed by atoms with van der Waals surface area (Å²) >= 11 is 0. The van der Waals surface area contributed by atoms with Gasteiger partial charge in [0, 0.05) is 22.3 Å². The lowest BCUT2D eigenvalue weighted by atomic mass is 9.77. The Hall–Kier alpha value is -3.52. The summed E-state index contributed by atoms with van der Waals surface area (Å²) in [5.41, 5.74) is 8.65. The first-order chi connectivity index (χ1) is 19.9. The van der Waals surface area contributed by atoms with Gasteiger partial charge in [-0.2, -0.15) is 0 Å². The zero-order valence-electron chi connectivity index (χ0n) is 29.1. The van der Waals surface area contributed by atoms with Gasteiger partial charge in [-0.05, 0) is 75.6 Å². The van der Waals surface area contributed by atoms with Crippen LogP contribution in [-0.2, 0) is 22.7 Å². The van der Waals surface area contributed by atoms with Crippen LogP contribution in [0, 0.1) is 6.92 Å². The van der Waals surface area contributed by atoms with Crippen LogP contribution in [0.25, 0.3) is 22.3 Å². The van der Waals surface area contributed by atoms with Crippen LogP contribution in [0.4, 0.5) is 0 Å². The molecule has 0 heterocycles. The molecule has 0 aliphatic carbocycles. The van der Waals surface area contributed by atoms with Crippen molar-refractivity contribution >= 4 is 0 Å². The van der Waals surface area contributed by atoms with Gasteiger partial charge in [0.2, 0.25) is 0 Å². The minimum Gasteiger partial charge on any atom is -0.507 e. The predicted molar refractivity (Wildman–Crippen MR) is 189 cm³/mol. The third kappa shape index (κ3) is 8.99. The fourth-order valence-corrected chi connectivity index (χ4v) is 4.96. The van der Waals surface area contributed by atoms with Crippen molar-refractivity contribution in [2.24, 2.45) is 0 Å². The summed E-state index contributed by atoms with van der Waals surface area (Å²) in [6.45, 7) is 27.7. The van der Waals surface area contributed by atoms with E-state index >= 15 is 0 Å². The van der Waals surface area contributed by atoms with E-state index in [4.69, 9.17) is 0 Å². The Bertz CT molecular complexity index is 1470. The molecule has 4 aromatic carbocycles. The van der Waals surface area contributed by atoms with E-state index in [1.165, 1.54) is 11.1 Å². The molecular weight excluding hydrogens is 524 g/mol. The second kappa shape index (κ2) is 14.3. The fraction of sp³-hybridized carbons (Fsp3) is 0.415. The molecule has 2 nitrogen and oxygen atoms in total. The Morgan fingerprint density at radius 3 is 1.42 bits per heavy atom. The predicted octanol–water partition coefficient (Wildman–Crippen LogP) is 11.9. The van der Waals surface area contributed by atoms with Crippen molar-refractivity contribution in [1.82, 2.24) is 0 Å². The Labute approximate surface area is 262 Å². The van der Waals surface area contributed by atoms with Crippen LogP contribution in [0.5, 0.6) is 11.5 Å². The van der Waals surface area contributed by atoms with E-state index in [1.54, 1.807) is 0 Å². The van der Waals surface area contributed by atoms with E-state index in [9.17, 15) is 10.2 Å². The van der Waals surface area contributed by atoms with Crippen molar-refractivity contribution in [3.63, 3.8) is 0 Å². The number of rotatable bonds is 3. The molecule has 0 spiro atoms. The number of phenols is 2. The SMILES string of the molecule is CC.CC(C)(C)c1cc(-c2ccccc2)c(O)c(-c2cc(C(C)(C)C)cc(C(C)(C)C)c2O)c1.CCc1ccccc1C. The van der Waals surface area contributed by atoms with Gasteiger partial charge in [-0.3, -0.25) is 0 Å². The highest BCUT2D eigenvalue weighted by Gasteiger charge is 2.28. The van der Waals surface area contributed by atoms with Crippen molar-refractivity contribution in [2.45, 2.75) is 113 Å². The van der Waals surface area contributed by atoms with Crippen LogP contribution in [0.2, 0.25) is 0 Å². The topological polar surface area (TPSA) is 40.5 Å². The van der Waals surface area contributed by atoms with E-state index in [2.05, 4.69) is 113 Å². The molecule has 43 heavy (non-hydrogen) atoms. The lowest BCUT2D eigenvalue weighted by molar-refractivity contribution is 0.444. The Morgan fingerprint density at radius 2 is 0.977 bits per heavy atom. The van der Waals surface area contributed by atoms with Crippen LogP contribution in [0.3, 0.4) is 0 Å². The minimum absolute atomic E-state index is 0.0953. The van der Waals surface area contributed by atoms with E-state index in [1.807, 2.05) is 56.3 Å². The summed E-state index contributed by atoms with van der Waals surface area (Å²) in [6, 6.07) is 26.7. The van der Waals surface area contributed by atoms with E-state index < -0.39 is 0 Å². The minimum atomic E-state index is -0.236. The molecule has 0 fully saturated rings. The van der Waals surface area contributed by atoms with Gasteiger partial charge in [0.1, 0.15) is 11.5 Å². The lowest BCUT2D eigenvalue weighted by Crippen LogP contribution is -2.17. The molecule has 2 heteroatoms. The van der Waals surface area contributed by atoms with Gasteiger partial charge in [-0.1, -0.05) is 144 Å². The molecule has 0 aliphatic heterocycles. The van der Waals surface area contributed by atoms with Gasteiger partial charge in [-0.15, -0.1) is 0 Å². The maximum Gasteiger partial charge on any atom is 0.131 e. The van der Waals surface area contributed by atoms with E-state index in [0.29, 0.717) is 11.1 Å².